The molecule has 0 aromatic heterocycles. The molecular weight excluding hydrogens is 218 g/mol. The lowest BCUT2D eigenvalue weighted by molar-refractivity contribution is 0.165. The second-order valence-corrected chi connectivity index (χ2v) is 6.80. The smallest absolute Gasteiger partial charge is 0.00430 e. The van der Waals surface area contributed by atoms with Gasteiger partial charge >= 0.3 is 0 Å². The van der Waals surface area contributed by atoms with Crippen molar-refractivity contribution in [2.45, 2.75) is 52.9 Å². The Morgan fingerprint density at radius 1 is 1.28 bits per heavy atom. The van der Waals surface area contributed by atoms with Crippen LogP contribution in [0.3, 0.4) is 0 Å². The van der Waals surface area contributed by atoms with Gasteiger partial charge in [-0.1, -0.05) is 32.0 Å². The molecule has 0 amide bonds. The molecule has 2 rings (SSSR count). The minimum atomic E-state index is 0.465. The van der Waals surface area contributed by atoms with Crippen LogP contribution in [0, 0.1) is 25.2 Å². The fourth-order valence-corrected chi connectivity index (χ4v) is 3.46. The van der Waals surface area contributed by atoms with E-state index in [9.17, 15) is 0 Å². The van der Waals surface area contributed by atoms with Gasteiger partial charge in [-0.2, -0.15) is 0 Å². The van der Waals surface area contributed by atoms with Crippen molar-refractivity contribution in [3.63, 3.8) is 0 Å². The Labute approximate surface area is 112 Å². The molecule has 2 atom stereocenters. The second kappa shape index (κ2) is 5.05. The van der Waals surface area contributed by atoms with Crippen LogP contribution in [0.15, 0.2) is 18.2 Å². The number of nitrogens with two attached hydrogens (primary N) is 1. The number of hydrogen-bond acceptors (Lipinski definition) is 1. The predicted molar refractivity (Wildman–Crippen MR) is 78.8 cm³/mol. The van der Waals surface area contributed by atoms with E-state index in [0.717, 1.165) is 6.54 Å². The van der Waals surface area contributed by atoms with Crippen LogP contribution in [-0.4, -0.2) is 6.54 Å². The van der Waals surface area contributed by atoms with Gasteiger partial charge in [0.1, 0.15) is 0 Å². The molecular formula is C17H27N. The summed E-state index contributed by atoms with van der Waals surface area (Å²) >= 11 is 0. The van der Waals surface area contributed by atoms with Gasteiger partial charge in [0, 0.05) is 0 Å². The molecule has 2 unspecified atom stereocenters. The number of rotatable bonds is 2. The zero-order valence-corrected chi connectivity index (χ0v) is 12.3. The third kappa shape index (κ3) is 2.61. The van der Waals surface area contributed by atoms with Crippen molar-refractivity contribution >= 4 is 0 Å². The quantitative estimate of drug-likeness (QED) is 0.831. The average molecular weight is 245 g/mol. The summed E-state index contributed by atoms with van der Waals surface area (Å²) in [5.41, 5.74) is 10.9. The first-order valence-electron chi connectivity index (χ1n) is 7.21. The Bertz CT molecular complexity index is 420. The summed E-state index contributed by atoms with van der Waals surface area (Å²) in [5, 5.41) is 0. The highest BCUT2D eigenvalue weighted by Crippen LogP contribution is 2.47. The van der Waals surface area contributed by atoms with Gasteiger partial charge in [0.15, 0.2) is 0 Å². The summed E-state index contributed by atoms with van der Waals surface area (Å²) in [6, 6.07) is 6.73. The molecule has 0 heterocycles. The van der Waals surface area contributed by atoms with Crippen LogP contribution in [0.25, 0.3) is 0 Å². The molecule has 1 aromatic rings. The summed E-state index contributed by atoms with van der Waals surface area (Å²) in [6.45, 7) is 10.1. The Morgan fingerprint density at radius 3 is 2.67 bits per heavy atom. The predicted octanol–water partition coefficient (Wildman–Crippen LogP) is 4.17. The number of aryl methyl sites for hydroxylation is 1. The van der Waals surface area contributed by atoms with Gasteiger partial charge in [-0.25, -0.2) is 0 Å². The van der Waals surface area contributed by atoms with Crippen molar-refractivity contribution in [1.82, 2.24) is 0 Å². The molecule has 18 heavy (non-hydrogen) atoms. The summed E-state index contributed by atoms with van der Waals surface area (Å²) in [6.07, 6.45) is 3.87. The largest absolute Gasteiger partial charge is 0.330 e. The van der Waals surface area contributed by atoms with E-state index >= 15 is 0 Å². The van der Waals surface area contributed by atoms with Gasteiger partial charge in [-0.15, -0.1) is 0 Å². The highest BCUT2D eigenvalue weighted by molar-refractivity contribution is 5.36. The van der Waals surface area contributed by atoms with Crippen molar-refractivity contribution in [1.29, 1.82) is 0 Å². The van der Waals surface area contributed by atoms with E-state index in [1.54, 1.807) is 5.56 Å². The van der Waals surface area contributed by atoms with Crippen molar-refractivity contribution in [3.8, 4) is 0 Å². The fraction of sp³-hybridized carbons (Fsp3) is 0.647. The Morgan fingerprint density at radius 2 is 2.00 bits per heavy atom. The van der Waals surface area contributed by atoms with Gasteiger partial charge in [0.2, 0.25) is 0 Å². The van der Waals surface area contributed by atoms with Crippen molar-refractivity contribution < 1.29 is 0 Å². The van der Waals surface area contributed by atoms with Gasteiger partial charge in [-0.3, -0.25) is 0 Å². The van der Waals surface area contributed by atoms with Crippen molar-refractivity contribution in [3.05, 3.63) is 34.9 Å². The van der Waals surface area contributed by atoms with E-state index < -0.39 is 0 Å². The van der Waals surface area contributed by atoms with Crippen LogP contribution >= 0.6 is 0 Å². The maximum absolute atomic E-state index is 6.01. The van der Waals surface area contributed by atoms with Crippen LogP contribution in [-0.2, 0) is 0 Å². The van der Waals surface area contributed by atoms with E-state index in [4.69, 9.17) is 5.73 Å². The van der Waals surface area contributed by atoms with E-state index in [0.29, 0.717) is 17.3 Å². The lowest BCUT2D eigenvalue weighted by atomic mass is 9.64. The molecule has 0 radical (unpaired) electrons. The van der Waals surface area contributed by atoms with Gasteiger partial charge < -0.3 is 5.73 Å². The topological polar surface area (TPSA) is 26.0 Å². The summed E-state index contributed by atoms with van der Waals surface area (Å²) in [7, 11) is 0. The van der Waals surface area contributed by atoms with Crippen LogP contribution < -0.4 is 5.73 Å². The summed E-state index contributed by atoms with van der Waals surface area (Å²) in [5.74, 6) is 1.32. The van der Waals surface area contributed by atoms with Crippen LogP contribution in [0.2, 0.25) is 0 Å². The SMILES string of the molecule is Cc1cccc(C2CC(C)(C)CCC2CN)c1C. The molecule has 0 saturated heterocycles. The summed E-state index contributed by atoms with van der Waals surface area (Å²) in [4.78, 5) is 0. The zero-order chi connectivity index (χ0) is 13.3. The molecule has 1 fully saturated rings. The Kier molecular flexibility index (Phi) is 3.82. The highest BCUT2D eigenvalue weighted by atomic mass is 14.6. The molecule has 1 saturated carbocycles. The fourth-order valence-electron chi connectivity index (χ4n) is 3.46. The minimum absolute atomic E-state index is 0.465. The zero-order valence-electron chi connectivity index (χ0n) is 12.3. The van der Waals surface area contributed by atoms with E-state index in [1.165, 1.54) is 30.4 Å². The Hall–Kier alpha value is -0.820. The molecule has 0 bridgehead atoms. The molecule has 1 heteroatoms. The lowest BCUT2D eigenvalue weighted by Crippen LogP contribution is -2.33. The molecule has 1 aliphatic rings. The van der Waals surface area contributed by atoms with Crippen LogP contribution in [0.1, 0.15) is 55.7 Å². The van der Waals surface area contributed by atoms with Gasteiger partial charge in [0.25, 0.3) is 0 Å². The van der Waals surface area contributed by atoms with Crippen molar-refractivity contribution in [2.75, 3.05) is 6.54 Å². The molecule has 1 nitrogen and oxygen atoms in total. The lowest BCUT2D eigenvalue weighted by Gasteiger charge is -2.41. The van der Waals surface area contributed by atoms with Crippen molar-refractivity contribution in [2.24, 2.45) is 17.1 Å². The van der Waals surface area contributed by atoms with E-state index in [1.807, 2.05) is 0 Å². The third-order valence-electron chi connectivity index (χ3n) is 4.88. The first kappa shape index (κ1) is 13.6. The number of benzene rings is 1. The highest BCUT2D eigenvalue weighted by Gasteiger charge is 2.35. The number of hydrogen-bond donors (Lipinski definition) is 1. The normalized spacial score (nSPS) is 27.2. The molecule has 2 N–H and O–H groups in total. The molecule has 100 valence electrons. The third-order valence-corrected chi connectivity index (χ3v) is 4.88. The molecule has 0 aliphatic heterocycles. The molecule has 1 aliphatic carbocycles. The first-order valence-corrected chi connectivity index (χ1v) is 7.21. The van der Waals surface area contributed by atoms with Crippen LogP contribution in [0.5, 0.6) is 0 Å². The average Bonchev–Trinajstić information content (AvgIpc) is 2.32. The van der Waals surface area contributed by atoms with Gasteiger partial charge in [0.05, 0.1) is 0 Å². The van der Waals surface area contributed by atoms with Gasteiger partial charge in [-0.05, 0) is 73.6 Å². The minimum Gasteiger partial charge on any atom is -0.330 e. The standard InChI is InChI=1S/C17H27N/c1-12-6-5-7-15(13(12)2)16-10-17(3,4)9-8-14(16)11-18/h5-7,14,16H,8-11,18H2,1-4H3. The monoisotopic (exact) mass is 245 g/mol. The summed E-state index contributed by atoms with van der Waals surface area (Å²) < 4.78 is 0. The first-order chi connectivity index (χ1) is 8.44. The molecule has 1 aromatic carbocycles. The van der Waals surface area contributed by atoms with Crippen LogP contribution in [0.4, 0.5) is 0 Å². The second-order valence-electron chi connectivity index (χ2n) is 6.80. The maximum atomic E-state index is 6.01. The Balaban J connectivity index is 2.36. The van der Waals surface area contributed by atoms with E-state index in [2.05, 4.69) is 45.9 Å². The molecule has 0 spiro atoms. The maximum Gasteiger partial charge on any atom is -0.00430 e. The van der Waals surface area contributed by atoms with E-state index in [-0.39, 0.29) is 0 Å².